The Balaban J connectivity index is 1.45. The number of benzene rings is 1. The molecule has 0 bridgehead atoms. The number of piperidine rings is 1. The fraction of sp³-hybridized carbons (Fsp3) is 0.524. The minimum atomic E-state index is -0.662. The maximum absolute atomic E-state index is 10.8. The van der Waals surface area contributed by atoms with Crippen molar-refractivity contribution >= 4 is 5.95 Å². The summed E-state index contributed by atoms with van der Waals surface area (Å²) in [6.07, 6.45) is 5.76. The van der Waals surface area contributed by atoms with E-state index in [1.807, 2.05) is 29.8 Å². The molecule has 0 amide bonds. The van der Waals surface area contributed by atoms with Crippen LogP contribution in [0.5, 0.6) is 0 Å². The van der Waals surface area contributed by atoms with E-state index in [0.717, 1.165) is 62.4 Å². The molecule has 152 valence electrons. The SMILES string of the molecule is CCC1(O)CCCN(c2nnnn2Cc2nn(-c3ccccc3)c3c2CCC3)C1. The Morgan fingerprint density at radius 2 is 2.00 bits per heavy atom. The van der Waals surface area contributed by atoms with Gasteiger partial charge >= 0.3 is 0 Å². The van der Waals surface area contributed by atoms with Gasteiger partial charge in [0.25, 0.3) is 0 Å². The molecule has 1 fully saturated rings. The van der Waals surface area contributed by atoms with Gasteiger partial charge in [-0.25, -0.2) is 9.36 Å². The number of aliphatic hydroxyl groups is 1. The van der Waals surface area contributed by atoms with E-state index >= 15 is 0 Å². The van der Waals surface area contributed by atoms with Gasteiger partial charge in [0.2, 0.25) is 5.95 Å². The second-order valence-electron chi connectivity index (χ2n) is 8.21. The fourth-order valence-corrected chi connectivity index (χ4v) is 4.67. The molecule has 0 saturated carbocycles. The topological polar surface area (TPSA) is 84.9 Å². The molecule has 1 aliphatic carbocycles. The first-order valence-electron chi connectivity index (χ1n) is 10.6. The van der Waals surface area contributed by atoms with Crippen molar-refractivity contribution in [3.63, 3.8) is 0 Å². The van der Waals surface area contributed by atoms with Gasteiger partial charge in [-0.1, -0.05) is 30.2 Å². The average Bonchev–Trinajstić information content (AvgIpc) is 3.47. The lowest BCUT2D eigenvalue weighted by Gasteiger charge is -2.38. The van der Waals surface area contributed by atoms with Crippen LogP contribution >= 0.6 is 0 Å². The van der Waals surface area contributed by atoms with E-state index < -0.39 is 5.60 Å². The van der Waals surface area contributed by atoms with Crippen LogP contribution in [0.1, 0.15) is 49.6 Å². The van der Waals surface area contributed by atoms with E-state index in [-0.39, 0.29) is 0 Å². The number of tetrazole rings is 1. The molecule has 5 rings (SSSR count). The largest absolute Gasteiger partial charge is 0.388 e. The molecule has 1 atom stereocenters. The quantitative estimate of drug-likeness (QED) is 0.715. The van der Waals surface area contributed by atoms with Crippen LogP contribution in [0.3, 0.4) is 0 Å². The van der Waals surface area contributed by atoms with Crippen LogP contribution in [0.2, 0.25) is 0 Å². The van der Waals surface area contributed by atoms with Crippen molar-refractivity contribution in [2.75, 3.05) is 18.0 Å². The minimum Gasteiger partial charge on any atom is -0.388 e. The molecular formula is C21H27N7O. The Hall–Kier alpha value is -2.74. The van der Waals surface area contributed by atoms with Crippen molar-refractivity contribution in [3.8, 4) is 5.69 Å². The number of fused-ring (bicyclic) bond motifs is 1. The number of hydrogen-bond donors (Lipinski definition) is 1. The van der Waals surface area contributed by atoms with Crippen molar-refractivity contribution in [1.82, 2.24) is 30.0 Å². The predicted molar refractivity (Wildman–Crippen MR) is 109 cm³/mol. The molecule has 1 N–H and O–H groups in total. The predicted octanol–water partition coefficient (Wildman–Crippen LogP) is 2.14. The van der Waals surface area contributed by atoms with E-state index in [9.17, 15) is 5.11 Å². The van der Waals surface area contributed by atoms with Gasteiger partial charge in [0.05, 0.1) is 23.5 Å². The van der Waals surface area contributed by atoms with Gasteiger partial charge in [0.15, 0.2) is 0 Å². The second-order valence-corrected chi connectivity index (χ2v) is 8.21. The molecule has 3 heterocycles. The van der Waals surface area contributed by atoms with Crippen LogP contribution in [0.15, 0.2) is 30.3 Å². The molecule has 8 heteroatoms. The van der Waals surface area contributed by atoms with Gasteiger partial charge in [-0.2, -0.15) is 5.10 Å². The van der Waals surface area contributed by atoms with E-state index in [0.29, 0.717) is 13.1 Å². The van der Waals surface area contributed by atoms with Gasteiger partial charge in [-0.3, -0.25) is 0 Å². The summed E-state index contributed by atoms with van der Waals surface area (Å²) < 4.78 is 3.91. The zero-order valence-electron chi connectivity index (χ0n) is 16.8. The first-order valence-corrected chi connectivity index (χ1v) is 10.6. The van der Waals surface area contributed by atoms with E-state index in [1.54, 1.807) is 0 Å². The summed E-state index contributed by atoms with van der Waals surface area (Å²) in [5.74, 6) is 0.720. The van der Waals surface area contributed by atoms with Gasteiger partial charge < -0.3 is 10.0 Å². The summed E-state index contributed by atoms with van der Waals surface area (Å²) in [4.78, 5) is 2.11. The Kier molecular flexibility index (Phi) is 4.58. The number of nitrogens with zero attached hydrogens (tertiary/aromatic N) is 7. The maximum atomic E-state index is 10.8. The lowest BCUT2D eigenvalue weighted by Crippen LogP contribution is -2.48. The number of hydrogen-bond acceptors (Lipinski definition) is 6. The summed E-state index contributed by atoms with van der Waals surface area (Å²) >= 11 is 0. The van der Waals surface area contributed by atoms with Crippen molar-refractivity contribution in [3.05, 3.63) is 47.3 Å². The maximum Gasteiger partial charge on any atom is 0.246 e. The van der Waals surface area contributed by atoms with Crippen LogP contribution in [-0.2, 0) is 19.4 Å². The summed E-state index contributed by atoms with van der Waals surface area (Å²) in [6, 6.07) is 10.3. The molecule has 2 aliphatic rings. The molecule has 2 aromatic heterocycles. The standard InChI is InChI=1S/C21H27N7O/c1-2-21(29)12-7-13-26(15-21)20-22-24-25-27(20)14-18-17-10-6-11-19(17)28(23-18)16-8-4-3-5-9-16/h3-5,8-9,29H,2,6-7,10-15H2,1H3. The molecule has 1 aromatic carbocycles. The van der Waals surface area contributed by atoms with Crippen LogP contribution in [-0.4, -0.2) is 53.8 Å². The Morgan fingerprint density at radius 1 is 1.14 bits per heavy atom. The van der Waals surface area contributed by atoms with Crippen LogP contribution in [0, 0.1) is 0 Å². The highest BCUT2D eigenvalue weighted by atomic mass is 16.3. The Bertz CT molecular complexity index is 996. The molecule has 1 unspecified atom stereocenters. The van der Waals surface area contributed by atoms with Crippen molar-refractivity contribution < 1.29 is 5.11 Å². The molecular weight excluding hydrogens is 366 g/mol. The van der Waals surface area contributed by atoms with Gasteiger partial charge in [0, 0.05) is 18.8 Å². The van der Waals surface area contributed by atoms with Gasteiger partial charge in [0.1, 0.15) is 0 Å². The number of aromatic nitrogens is 6. The third-order valence-corrected chi connectivity index (χ3v) is 6.32. The smallest absolute Gasteiger partial charge is 0.246 e. The molecule has 8 nitrogen and oxygen atoms in total. The number of para-hydroxylation sites is 1. The van der Waals surface area contributed by atoms with Crippen LogP contribution in [0.4, 0.5) is 5.95 Å². The lowest BCUT2D eigenvalue weighted by molar-refractivity contribution is 0.0217. The van der Waals surface area contributed by atoms with E-state index in [1.165, 1.54) is 11.3 Å². The van der Waals surface area contributed by atoms with Gasteiger partial charge in [-0.05, 0) is 66.6 Å². The van der Waals surface area contributed by atoms with Crippen molar-refractivity contribution in [2.24, 2.45) is 0 Å². The Labute approximate surface area is 170 Å². The Morgan fingerprint density at radius 3 is 2.83 bits per heavy atom. The van der Waals surface area contributed by atoms with Crippen LogP contribution < -0.4 is 4.90 Å². The molecule has 1 aliphatic heterocycles. The summed E-state index contributed by atoms with van der Waals surface area (Å²) in [6.45, 7) is 4.01. The van der Waals surface area contributed by atoms with Crippen molar-refractivity contribution in [2.45, 2.75) is 57.6 Å². The number of β-amino-alcohol motifs (C(OH)–C–C–N with tert-alkyl or cyclic N) is 1. The lowest BCUT2D eigenvalue weighted by atomic mass is 9.90. The first kappa shape index (κ1) is 18.3. The van der Waals surface area contributed by atoms with Gasteiger partial charge in [-0.15, -0.1) is 0 Å². The third-order valence-electron chi connectivity index (χ3n) is 6.32. The molecule has 1 saturated heterocycles. The molecule has 0 radical (unpaired) electrons. The zero-order chi connectivity index (χ0) is 19.8. The molecule has 3 aromatic rings. The first-order chi connectivity index (χ1) is 14.2. The second kappa shape index (κ2) is 7.26. The highest BCUT2D eigenvalue weighted by molar-refractivity contribution is 5.40. The molecule has 0 spiro atoms. The van der Waals surface area contributed by atoms with Crippen LogP contribution in [0.25, 0.3) is 5.69 Å². The normalized spacial score (nSPS) is 21.5. The summed E-state index contributed by atoms with van der Waals surface area (Å²) in [5.41, 5.74) is 4.11. The fourth-order valence-electron chi connectivity index (χ4n) is 4.67. The highest BCUT2D eigenvalue weighted by Crippen LogP contribution is 2.30. The van der Waals surface area contributed by atoms with E-state index in [2.05, 4.69) is 37.2 Å². The van der Waals surface area contributed by atoms with E-state index in [4.69, 9.17) is 5.10 Å². The summed E-state index contributed by atoms with van der Waals surface area (Å²) in [5, 5.41) is 28.1. The average molecular weight is 393 g/mol. The monoisotopic (exact) mass is 393 g/mol. The summed E-state index contributed by atoms with van der Waals surface area (Å²) in [7, 11) is 0. The number of anilines is 1. The highest BCUT2D eigenvalue weighted by Gasteiger charge is 2.34. The third kappa shape index (κ3) is 3.31. The number of rotatable bonds is 5. The molecule has 29 heavy (non-hydrogen) atoms. The van der Waals surface area contributed by atoms with Crippen molar-refractivity contribution in [1.29, 1.82) is 0 Å². The zero-order valence-corrected chi connectivity index (χ0v) is 16.8. The minimum absolute atomic E-state index is 0.547.